The molecule has 2 aromatic rings. The van der Waals surface area contributed by atoms with Crippen LogP contribution in [0, 0.1) is 13.8 Å². The fraction of sp³-hybridized carbons (Fsp3) is 0.565. The summed E-state index contributed by atoms with van der Waals surface area (Å²) in [6.45, 7) is 15.6. The van der Waals surface area contributed by atoms with Crippen LogP contribution in [0.2, 0.25) is 0 Å². The van der Waals surface area contributed by atoms with Crippen molar-refractivity contribution in [3.05, 3.63) is 40.8 Å². The Morgan fingerprint density at radius 2 is 1.81 bits per heavy atom. The number of aromatic nitrogens is 1. The Labute approximate surface area is 203 Å². The first-order valence-electron chi connectivity index (χ1n) is 10.8. The monoisotopic (exact) mass is 544 g/mol. The largest absolute Gasteiger partial charge is 0.490 e. The average molecular weight is 544 g/mol. The van der Waals surface area contributed by atoms with Crippen molar-refractivity contribution in [1.82, 2.24) is 15.8 Å². The molecule has 31 heavy (non-hydrogen) atoms. The van der Waals surface area contributed by atoms with E-state index in [4.69, 9.17) is 19.0 Å². The SMILES string of the molecule is CCNC(=NCC(C)c1c(C)noc1C)NCCc1ccc(OCC)c(OCC)c1.I. The summed E-state index contributed by atoms with van der Waals surface area (Å²) < 4.78 is 16.6. The van der Waals surface area contributed by atoms with Crippen LogP contribution in [0.3, 0.4) is 0 Å². The number of nitrogens with one attached hydrogen (secondary N) is 2. The second-order valence-corrected chi connectivity index (χ2v) is 7.18. The lowest BCUT2D eigenvalue weighted by Crippen LogP contribution is -2.38. The van der Waals surface area contributed by atoms with Crippen molar-refractivity contribution in [1.29, 1.82) is 0 Å². The summed E-state index contributed by atoms with van der Waals surface area (Å²) in [5, 5.41) is 10.8. The van der Waals surface area contributed by atoms with Gasteiger partial charge in [-0.1, -0.05) is 18.1 Å². The highest BCUT2D eigenvalue weighted by molar-refractivity contribution is 14.0. The lowest BCUT2D eigenvalue weighted by Gasteiger charge is -2.15. The Morgan fingerprint density at radius 3 is 2.42 bits per heavy atom. The van der Waals surface area contributed by atoms with Crippen molar-refractivity contribution in [3.63, 3.8) is 0 Å². The topological polar surface area (TPSA) is 80.9 Å². The van der Waals surface area contributed by atoms with Crippen molar-refractivity contribution < 1.29 is 14.0 Å². The van der Waals surface area contributed by atoms with E-state index in [-0.39, 0.29) is 29.9 Å². The predicted octanol–water partition coefficient (Wildman–Crippen LogP) is 4.61. The van der Waals surface area contributed by atoms with Gasteiger partial charge < -0.3 is 24.6 Å². The quantitative estimate of drug-likeness (QED) is 0.245. The third-order valence-corrected chi connectivity index (χ3v) is 4.76. The Kier molecular flexibility index (Phi) is 12.4. The normalized spacial score (nSPS) is 12.1. The predicted molar refractivity (Wildman–Crippen MR) is 136 cm³/mol. The van der Waals surface area contributed by atoms with Crippen molar-refractivity contribution in [2.75, 3.05) is 32.8 Å². The Bertz CT molecular complexity index is 804. The minimum Gasteiger partial charge on any atom is -0.490 e. The van der Waals surface area contributed by atoms with E-state index in [0.29, 0.717) is 19.8 Å². The fourth-order valence-electron chi connectivity index (χ4n) is 3.43. The van der Waals surface area contributed by atoms with Crippen LogP contribution in [0.25, 0.3) is 0 Å². The highest BCUT2D eigenvalue weighted by atomic mass is 127. The molecule has 2 N–H and O–H groups in total. The van der Waals surface area contributed by atoms with Gasteiger partial charge in [0.1, 0.15) is 5.76 Å². The number of nitrogens with zero attached hydrogens (tertiary/aromatic N) is 2. The number of rotatable bonds is 11. The molecule has 0 aliphatic rings. The van der Waals surface area contributed by atoms with Crippen LogP contribution >= 0.6 is 24.0 Å². The van der Waals surface area contributed by atoms with Gasteiger partial charge in [-0.15, -0.1) is 24.0 Å². The van der Waals surface area contributed by atoms with Gasteiger partial charge in [0.15, 0.2) is 17.5 Å². The highest BCUT2D eigenvalue weighted by Gasteiger charge is 2.16. The van der Waals surface area contributed by atoms with E-state index in [0.717, 1.165) is 54.0 Å². The van der Waals surface area contributed by atoms with Gasteiger partial charge in [0.05, 0.1) is 18.9 Å². The molecule has 1 atom stereocenters. The zero-order valence-corrected chi connectivity index (χ0v) is 21.9. The van der Waals surface area contributed by atoms with E-state index < -0.39 is 0 Å². The molecular weight excluding hydrogens is 507 g/mol. The maximum Gasteiger partial charge on any atom is 0.191 e. The molecule has 1 unspecified atom stereocenters. The molecule has 7 nitrogen and oxygen atoms in total. The zero-order chi connectivity index (χ0) is 21.9. The molecule has 1 aromatic heterocycles. The molecular formula is C23H37IN4O3. The number of benzene rings is 1. The molecule has 174 valence electrons. The molecule has 2 rings (SSSR count). The van der Waals surface area contributed by atoms with Crippen LogP contribution in [0.4, 0.5) is 0 Å². The smallest absolute Gasteiger partial charge is 0.191 e. The Hall–Kier alpha value is -1.97. The first-order chi connectivity index (χ1) is 14.5. The molecule has 1 heterocycles. The Balaban J connectivity index is 0.00000480. The van der Waals surface area contributed by atoms with E-state index in [9.17, 15) is 0 Å². The first kappa shape index (κ1) is 27.1. The van der Waals surface area contributed by atoms with Gasteiger partial charge in [-0.2, -0.15) is 0 Å². The molecule has 0 saturated carbocycles. The van der Waals surface area contributed by atoms with E-state index in [1.165, 1.54) is 5.56 Å². The summed E-state index contributed by atoms with van der Waals surface area (Å²) >= 11 is 0. The van der Waals surface area contributed by atoms with Crippen molar-refractivity contribution >= 4 is 29.9 Å². The van der Waals surface area contributed by atoms with Crippen LogP contribution < -0.4 is 20.1 Å². The third-order valence-electron chi connectivity index (χ3n) is 4.76. The van der Waals surface area contributed by atoms with E-state index >= 15 is 0 Å². The molecule has 0 spiro atoms. The molecule has 8 heteroatoms. The molecule has 0 aliphatic carbocycles. The van der Waals surface area contributed by atoms with Crippen LogP contribution in [-0.2, 0) is 6.42 Å². The molecule has 1 aromatic carbocycles. The van der Waals surface area contributed by atoms with E-state index in [1.807, 2.05) is 33.8 Å². The van der Waals surface area contributed by atoms with E-state index in [1.54, 1.807) is 0 Å². The third kappa shape index (κ3) is 8.23. The summed E-state index contributed by atoms with van der Waals surface area (Å²) in [4.78, 5) is 4.75. The maximum atomic E-state index is 5.72. The summed E-state index contributed by atoms with van der Waals surface area (Å²) in [6.07, 6.45) is 0.857. The number of halogens is 1. The number of aliphatic imine (C=N–C) groups is 1. The molecule has 0 radical (unpaired) electrons. The lowest BCUT2D eigenvalue weighted by molar-refractivity contribution is 0.287. The summed E-state index contributed by atoms with van der Waals surface area (Å²) in [5.74, 6) is 3.51. The van der Waals surface area contributed by atoms with Crippen molar-refractivity contribution in [3.8, 4) is 11.5 Å². The number of ether oxygens (including phenoxy) is 2. The van der Waals surface area contributed by atoms with Crippen LogP contribution in [-0.4, -0.2) is 44.0 Å². The molecule has 0 amide bonds. The zero-order valence-electron chi connectivity index (χ0n) is 19.6. The molecule has 0 aliphatic heterocycles. The van der Waals surface area contributed by atoms with Crippen molar-refractivity contribution in [2.24, 2.45) is 4.99 Å². The lowest BCUT2D eigenvalue weighted by atomic mass is 10.00. The first-order valence-corrected chi connectivity index (χ1v) is 10.8. The number of hydrogen-bond acceptors (Lipinski definition) is 5. The van der Waals surface area contributed by atoms with Gasteiger partial charge in [0.25, 0.3) is 0 Å². The fourth-order valence-corrected chi connectivity index (χ4v) is 3.43. The summed E-state index contributed by atoms with van der Waals surface area (Å²) in [5.41, 5.74) is 3.27. The van der Waals surface area contributed by atoms with E-state index in [2.05, 4.69) is 41.8 Å². The average Bonchev–Trinajstić information content (AvgIpc) is 3.06. The number of hydrogen-bond donors (Lipinski definition) is 2. The second-order valence-electron chi connectivity index (χ2n) is 7.18. The van der Waals surface area contributed by atoms with Gasteiger partial charge in [0.2, 0.25) is 0 Å². The molecule has 0 bridgehead atoms. The van der Waals surface area contributed by atoms with Gasteiger partial charge in [-0.3, -0.25) is 4.99 Å². The second kappa shape index (κ2) is 14.2. The van der Waals surface area contributed by atoms with Gasteiger partial charge in [-0.05, 0) is 58.7 Å². The maximum absolute atomic E-state index is 5.72. The van der Waals surface area contributed by atoms with Gasteiger partial charge >= 0.3 is 0 Å². The van der Waals surface area contributed by atoms with Gasteiger partial charge in [0, 0.05) is 31.1 Å². The summed E-state index contributed by atoms with van der Waals surface area (Å²) in [7, 11) is 0. The number of guanidine groups is 1. The van der Waals surface area contributed by atoms with Crippen molar-refractivity contribution in [2.45, 2.75) is 53.9 Å². The summed E-state index contributed by atoms with van der Waals surface area (Å²) in [6, 6.07) is 6.12. The Morgan fingerprint density at radius 1 is 1.10 bits per heavy atom. The van der Waals surface area contributed by atoms with Crippen LogP contribution in [0.1, 0.15) is 56.2 Å². The highest BCUT2D eigenvalue weighted by Crippen LogP contribution is 2.28. The van der Waals surface area contributed by atoms with Crippen LogP contribution in [0.15, 0.2) is 27.7 Å². The van der Waals surface area contributed by atoms with Gasteiger partial charge in [-0.25, -0.2) is 0 Å². The number of aryl methyl sites for hydroxylation is 2. The molecule has 0 fully saturated rings. The molecule has 0 saturated heterocycles. The minimum atomic E-state index is 0. The van der Waals surface area contributed by atoms with Crippen LogP contribution in [0.5, 0.6) is 11.5 Å². The minimum absolute atomic E-state index is 0. The standard InChI is InChI=1S/C23H36N4O3.HI/c1-7-24-23(26-15-16(4)22-17(5)27-30-18(22)6)25-13-12-19-10-11-20(28-8-2)21(14-19)29-9-3;/h10-11,14,16H,7-9,12-13,15H2,1-6H3,(H2,24,25,26);1H.